The molecule has 0 fully saturated rings. The van der Waals surface area contributed by atoms with Gasteiger partial charge in [0.05, 0.1) is 21.8 Å². The zero-order chi connectivity index (χ0) is 21.6. The fraction of sp³-hybridized carbons (Fsp3) is 0.111. The molecule has 152 valence electrons. The summed E-state index contributed by atoms with van der Waals surface area (Å²) in [7, 11) is -3.97. The maximum Gasteiger partial charge on any atom is 0.435 e. The van der Waals surface area contributed by atoms with Crippen molar-refractivity contribution >= 4 is 16.0 Å². The monoisotopic (exact) mass is 425 g/mol. The van der Waals surface area contributed by atoms with Gasteiger partial charge in [-0.3, -0.25) is 0 Å². The van der Waals surface area contributed by atoms with E-state index in [0.717, 1.165) is 22.9 Å². The lowest BCUT2D eigenvalue weighted by Crippen LogP contribution is -2.12. The molecule has 3 aromatic rings. The fourth-order valence-corrected chi connectivity index (χ4v) is 3.28. The molecule has 0 spiro atoms. The van der Waals surface area contributed by atoms with Gasteiger partial charge >= 0.3 is 12.1 Å². The first-order chi connectivity index (χ1) is 13.4. The summed E-state index contributed by atoms with van der Waals surface area (Å²) in [6.07, 6.45) is -4.71. The number of aromatic nitrogens is 2. The summed E-state index contributed by atoms with van der Waals surface area (Å²) in [5, 5.41) is 17.8. The molecular weight excluding hydrogens is 411 g/mol. The second-order valence-electron chi connectivity index (χ2n) is 6.20. The van der Waals surface area contributed by atoms with Gasteiger partial charge in [-0.15, -0.1) is 0 Å². The van der Waals surface area contributed by atoms with Crippen molar-refractivity contribution in [2.75, 3.05) is 0 Å². The summed E-state index contributed by atoms with van der Waals surface area (Å²) in [5.41, 5.74) is -0.230. The highest BCUT2D eigenvalue weighted by Crippen LogP contribution is 2.34. The van der Waals surface area contributed by atoms with E-state index in [-0.39, 0.29) is 21.8 Å². The Bertz CT molecular complexity index is 1200. The number of rotatable bonds is 4. The van der Waals surface area contributed by atoms with Crippen LogP contribution in [-0.2, 0) is 16.2 Å². The smallest absolute Gasteiger partial charge is 0.435 e. The molecule has 0 amide bonds. The first kappa shape index (κ1) is 20.6. The van der Waals surface area contributed by atoms with Crippen LogP contribution in [0.3, 0.4) is 0 Å². The lowest BCUT2D eigenvalue weighted by atomic mass is 10.0. The van der Waals surface area contributed by atoms with E-state index < -0.39 is 27.9 Å². The zero-order valence-corrected chi connectivity index (χ0v) is 15.6. The molecule has 0 unspecified atom stereocenters. The molecule has 3 N–H and O–H groups in total. The van der Waals surface area contributed by atoms with Crippen molar-refractivity contribution in [3.8, 4) is 16.9 Å². The van der Waals surface area contributed by atoms with Crippen LogP contribution in [0.4, 0.5) is 13.2 Å². The van der Waals surface area contributed by atoms with Gasteiger partial charge in [0.25, 0.3) is 0 Å². The summed E-state index contributed by atoms with van der Waals surface area (Å²) in [6.45, 7) is 1.53. The Labute approximate surface area is 163 Å². The van der Waals surface area contributed by atoms with E-state index in [4.69, 9.17) is 10.2 Å². The molecule has 3 rings (SSSR count). The number of benzene rings is 2. The van der Waals surface area contributed by atoms with Crippen LogP contribution in [0.25, 0.3) is 16.9 Å². The van der Waals surface area contributed by atoms with Gasteiger partial charge in [-0.2, -0.15) is 18.3 Å². The molecule has 0 saturated carbocycles. The summed E-state index contributed by atoms with van der Waals surface area (Å²) in [6, 6.07) is 9.80. The predicted molar refractivity (Wildman–Crippen MR) is 97.1 cm³/mol. The molecule has 1 heterocycles. The first-order valence-corrected chi connectivity index (χ1v) is 9.57. The fourth-order valence-electron chi connectivity index (χ4n) is 2.76. The van der Waals surface area contributed by atoms with Crippen molar-refractivity contribution in [2.45, 2.75) is 18.0 Å². The van der Waals surface area contributed by atoms with Crippen LogP contribution in [0, 0.1) is 6.92 Å². The topological polar surface area (TPSA) is 115 Å². The number of hydrogen-bond donors (Lipinski definition) is 2. The molecule has 29 heavy (non-hydrogen) atoms. The third-order valence-electron chi connectivity index (χ3n) is 4.16. The Kier molecular flexibility index (Phi) is 4.97. The molecular formula is C18H14F3N3O4S. The average Bonchev–Trinajstić information content (AvgIpc) is 3.06. The van der Waals surface area contributed by atoms with E-state index >= 15 is 0 Å². The van der Waals surface area contributed by atoms with Crippen LogP contribution in [-0.4, -0.2) is 29.3 Å². The van der Waals surface area contributed by atoms with Crippen molar-refractivity contribution in [3.05, 3.63) is 65.4 Å². The highest BCUT2D eigenvalue weighted by Gasteiger charge is 2.35. The minimum atomic E-state index is -4.71. The van der Waals surface area contributed by atoms with E-state index in [9.17, 15) is 26.4 Å². The first-order valence-electron chi connectivity index (χ1n) is 8.03. The van der Waals surface area contributed by atoms with Gasteiger partial charge in [0.2, 0.25) is 10.0 Å². The number of carboxylic acid groups (broad SMARTS) is 1. The SMILES string of the molecule is Cc1cc(-c2cc(C(F)(F)F)nn2-c2ccc(S(N)(=O)=O)cc2)ccc1C(=O)O. The third kappa shape index (κ3) is 4.15. The number of aromatic carboxylic acids is 1. The minimum Gasteiger partial charge on any atom is -0.478 e. The number of carbonyl (C=O) groups is 1. The van der Waals surface area contributed by atoms with Crippen molar-refractivity contribution < 1.29 is 31.5 Å². The summed E-state index contributed by atoms with van der Waals surface area (Å²) >= 11 is 0. The molecule has 0 aliphatic rings. The Morgan fingerprint density at radius 2 is 1.72 bits per heavy atom. The van der Waals surface area contributed by atoms with E-state index in [2.05, 4.69) is 5.10 Å². The van der Waals surface area contributed by atoms with Crippen LogP contribution in [0.5, 0.6) is 0 Å². The number of aryl methyl sites for hydroxylation is 1. The summed E-state index contributed by atoms with van der Waals surface area (Å²) in [4.78, 5) is 11.0. The highest BCUT2D eigenvalue weighted by atomic mass is 32.2. The van der Waals surface area contributed by atoms with E-state index in [1.165, 1.54) is 37.3 Å². The quantitative estimate of drug-likeness (QED) is 0.666. The normalized spacial score (nSPS) is 12.2. The van der Waals surface area contributed by atoms with E-state index in [0.29, 0.717) is 11.1 Å². The number of nitrogens with two attached hydrogens (primary N) is 1. The molecule has 0 bridgehead atoms. The Balaban J connectivity index is 2.19. The highest BCUT2D eigenvalue weighted by molar-refractivity contribution is 7.89. The Morgan fingerprint density at radius 1 is 1.10 bits per heavy atom. The average molecular weight is 425 g/mol. The third-order valence-corrected chi connectivity index (χ3v) is 5.09. The molecule has 7 nitrogen and oxygen atoms in total. The van der Waals surface area contributed by atoms with Gasteiger partial charge in [0.1, 0.15) is 0 Å². The zero-order valence-electron chi connectivity index (χ0n) is 14.8. The lowest BCUT2D eigenvalue weighted by Gasteiger charge is -2.10. The summed E-state index contributed by atoms with van der Waals surface area (Å²) < 4.78 is 63.5. The molecule has 11 heteroatoms. The van der Waals surface area contributed by atoms with Gasteiger partial charge < -0.3 is 5.11 Å². The molecule has 2 aromatic carbocycles. The maximum absolute atomic E-state index is 13.2. The van der Waals surface area contributed by atoms with Crippen molar-refractivity contribution in [1.29, 1.82) is 0 Å². The van der Waals surface area contributed by atoms with Crippen molar-refractivity contribution in [2.24, 2.45) is 5.14 Å². The van der Waals surface area contributed by atoms with Crippen LogP contribution in [0.15, 0.2) is 53.4 Å². The molecule has 0 saturated heterocycles. The Hall–Kier alpha value is -3.18. The molecule has 0 atom stereocenters. The molecule has 1 aromatic heterocycles. The molecule has 0 radical (unpaired) electrons. The van der Waals surface area contributed by atoms with Crippen molar-refractivity contribution in [1.82, 2.24) is 9.78 Å². The molecule has 0 aliphatic carbocycles. The lowest BCUT2D eigenvalue weighted by molar-refractivity contribution is -0.141. The number of primary sulfonamides is 1. The predicted octanol–water partition coefficient (Wildman–Crippen LogP) is 3.21. The number of hydrogen-bond acceptors (Lipinski definition) is 4. The van der Waals surface area contributed by atoms with E-state index in [1.54, 1.807) is 0 Å². The second kappa shape index (κ2) is 7.01. The van der Waals surface area contributed by atoms with Gasteiger partial charge in [-0.25, -0.2) is 23.0 Å². The number of alkyl halides is 3. The van der Waals surface area contributed by atoms with Gasteiger partial charge in [0.15, 0.2) is 5.69 Å². The number of sulfonamides is 1. The van der Waals surface area contributed by atoms with Gasteiger partial charge in [-0.05, 0) is 55.0 Å². The van der Waals surface area contributed by atoms with Crippen LogP contribution in [0.1, 0.15) is 21.6 Å². The molecule has 0 aliphatic heterocycles. The van der Waals surface area contributed by atoms with Crippen molar-refractivity contribution in [3.63, 3.8) is 0 Å². The minimum absolute atomic E-state index is 0.0216. The maximum atomic E-state index is 13.2. The Morgan fingerprint density at radius 3 is 2.21 bits per heavy atom. The number of carboxylic acids is 1. The number of halogens is 3. The van der Waals surface area contributed by atoms with Crippen LogP contribution < -0.4 is 5.14 Å². The standard InChI is InChI=1S/C18H14F3N3O4S/c1-10-8-11(2-7-14(10)17(25)26)15-9-16(18(19,20)21)23-24(15)12-3-5-13(6-4-12)29(22,27)28/h2-9H,1H3,(H,25,26)(H2,22,27,28). The largest absolute Gasteiger partial charge is 0.478 e. The van der Waals surface area contributed by atoms with Gasteiger partial charge in [-0.1, -0.05) is 6.07 Å². The van der Waals surface area contributed by atoms with Gasteiger partial charge in [0, 0.05) is 5.56 Å². The van der Waals surface area contributed by atoms with Crippen LogP contribution >= 0.6 is 0 Å². The number of nitrogens with zero attached hydrogens (tertiary/aromatic N) is 2. The summed E-state index contributed by atoms with van der Waals surface area (Å²) in [5.74, 6) is -1.16. The van der Waals surface area contributed by atoms with E-state index in [1.807, 2.05) is 0 Å². The second-order valence-corrected chi connectivity index (χ2v) is 7.76. The van der Waals surface area contributed by atoms with Crippen LogP contribution in [0.2, 0.25) is 0 Å².